The Morgan fingerprint density at radius 3 is 2.49 bits per heavy atom. The van der Waals surface area contributed by atoms with E-state index >= 15 is 0 Å². The molecule has 1 unspecified atom stereocenters. The molecule has 2 aliphatic heterocycles. The summed E-state index contributed by atoms with van der Waals surface area (Å²) >= 11 is 0. The number of hydrogen-bond acceptors (Lipinski definition) is 8. The van der Waals surface area contributed by atoms with Crippen molar-refractivity contribution in [1.82, 2.24) is 9.55 Å². The van der Waals surface area contributed by atoms with Crippen LogP contribution in [0.1, 0.15) is 48.1 Å². The number of cyclic esters (lactones) is 1. The molecular formula is C30H26N2O7. The number of aliphatic hydroxyl groups is 1. The smallest absolute Gasteiger partial charge is 0.458 e. The van der Waals surface area contributed by atoms with Gasteiger partial charge in [0, 0.05) is 16.5 Å². The molecule has 0 spiro atoms. The van der Waals surface area contributed by atoms with E-state index < -0.39 is 17.7 Å². The first-order valence-corrected chi connectivity index (χ1v) is 12.8. The summed E-state index contributed by atoms with van der Waals surface area (Å²) in [6.07, 6.45) is -0.133. The molecular weight excluding hydrogens is 500 g/mol. The van der Waals surface area contributed by atoms with Crippen molar-refractivity contribution < 1.29 is 28.9 Å². The van der Waals surface area contributed by atoms with Gasteiger partial charge in [-0.25, -0.2) is 14.6 Å². The molecule has 198 valence electrons. The Morgan fingerprint density at radius 1 is 1.05 bits per heavy atom. The molecule has 0 amide bonds. The lowest BCUT2D eigenvalue weighted by Crippen LogP contribution is -2.44. The zero-order valence-electron chi connectivity index (χ0n) is 21.7. The van der Waals surface area contributed by atoms with Crippen LogP contribution in [-0.4, -0.2) is 26.8 Å². The molecule has 4 heterocycles. The average molecular weight is 527 g/mol. The summed E-state index contributed by atoms with van der Waals surface area (Å²) in [4.78, 5) is 43.2. The number of fused-ring (bicyclic) bond motifs is 5. The van der Waals surface area contributed by atoms with E-state index in [0.29, 0.717) is 41.4 Å². The molecule has 0 bridgehead atoms. The number of aromatic nitrogens is 2. The number of esters is 1. The highest BCUT2D eigenvalue weighted by Gasteiger charge is 2.45. The molecule has 6 rings (SSSR count). The molecule has 4 aromatic rings. The Bertz CT molecular complexity index is 1740. The van der Waals surface area contributed by atoms with Gasteiger partial charge in [0.2, 0.25) is 0 Å². The van der Waals surface area contributed by atoms with Gasteiger partial charge in [0.15, 0.2) is 5.60 Å². The number of pyridine rings is 2. The highest BCUT2D eigenvalue weighted by molar-refractivity contribution is 5.90. The summed E-state index contributed by atoms with van der Waals surface area (Å²) in [5.74, 6) is -0.0646. The molecule has 0 fully saturated rings. The third-order valence-corrected chi connectivity index (χ3v) is 7.55. The molecule has 0 saturated carbocycles. The van der Waals surface area contributed by atoms with Crippen molar-refractivity contribution in [3.8, 4) is 22.9 Å². The van der Waals surface area contributed by atoms with Crippen molar-refractivity contribution in [2.75, 3.05) is 0 Å². The molecule has 9 nitrogen and oxygen atoms in total. The molecule has 2 aromatic heterocycles. The molecule has 0 aliphatic carbocycles. The molecule has 2 aliphatic rings. The van der Waals surface area contributed by atoms with E-state index in [4.69, 9.17) is 19.2 Å². The van der Waals surface area contributed by atoms with Crippen molar-refractivity contribution in [1.29, 1.82) is 0 Å². The summed E-state index contributed by atoms with van der Waals surface area (Å²) in [6.45, 7) is 5.74. The largest absolute Gasteiger partial charge is 0.519 e. The van der Waals surface area contributed by atoms with Crippen LogP contribution in [0.3, 0.4) is 0 Å². The van der Waals surface area contributed by atoms with E-state index in [1.165, 1.54) is 0 Å². The van der Waals surface area contributed by atoms with Crippen LogP contribution in [0.25, 0.3) is 22.3 Å². The van der Waals surface area contributed by atoms with E-state index in [-0.39, 0.29) is 29.7 Å². The molecule has 1 atom stereocenters. The Kier molecular flexibility index (Phi) is 5.76. The third-order valence-electron chi connectivity index (χ3n) is 7.55. The second-order valence-corrected chi connectivity index (χ2v) is 9.82. The summed E-state index contributed by atoms with van der Waals surface area (Å²) < 4.78 is 17.5. The van der Waals surface area contributed by atoms with Gasteiger partial charge in [0.1, 0.15) is 18.1 Å². The molecule has 0 saturated heterocycles. The molecule has 2 aromatic carbocycles. The zero-order chi connectivity index (χ0) is 27.5. The van der Waals surface area contributed by atoms with Crippen molar-refractivity contribution in [3.63, 3.8) is 0 Å². The van der Waals surface area contributed by atoms with Crippen LogP contribution < -0.4 is 15.0 Å². The number of aryl methyl sites for hydroxylation is 2. The minimum Gasteiger partial charge on any atom is -0.458 e. The second kappa shape index (κ2) is 9.06. The Hall–Kier alpha value is -4.50. The second-order valence-electron chi connectivity index (χ2n) is 9.82. The van der Waals surface area contributed by atoms with Crippen LogP contribution in [0.2, 0.25) is 0 Å². The molecule has 39 heavy (non-hydrogen) atoms. The van der Waals surface area contributed by atoms with Crippen LogP contribution in [0.4, 0.5) is 4.79 Å². The topological polar surface area (TPSA) is 117 Å². The summed E-state index contributed by atoms with van der Waals surface area (Å²) in [5.41, 5.74) is 3.09. The first-order chi connectivity index (χ1) is 18.7. The fourth-order valence-electron chi connectivity index (χ4n) is 5.43. The number of hydrogen-bond donors (Lipinski definition) is 1. The van der Waals surface area contributed by atoms with E-state index in [0.717, 1.165) is 22.1 Å². The zero-order valence-corrected chi connectivity index (χ0v) is 21.7. The van der Waals surface area contributed by atoms with Gasteiger partial charge in [0.25, 0.3) is 5.56 Å². The van der Waals surface area contributed by atoms with Gasteiger partial charge in [-0.05, 0) is 61.7 Å². The van der Waals surface area contributed by atoms with E-state index in [9.17, 15) is 19.5 Å². The number of nitrogens with zero attached hydrogens (tertiary/aromatic N) is 2. The van der Waals surface area contributed by atoms with Crippen LogP contribution in [-0.2, 0) is 34.7 Å². The van der Waals surface area contributed by atoms with Crippen LogP contribution in [0, 0.1) is 6.92 Å². The van der Waals surface area contributed by atoms with Gasteiger partial charge < -0.3 is 23.9 Å². The lowest BCUT2D eigenvalue weighted by Gasteiger charge is -2.31. The normalized spacial score (nSPS) is 17.3. The first-order valence-electron chi connectivity index (χ1n) is 12.8. The van der Waals surface area contributed by atoms with E-state index in [1.54, 1.807) is 47.9 Å². The minimum atomic E-state index is -1.88. The first kappa shape index (κ1) is 24.8. The van der Waals surface area contributed by atoms with Crippen molar-refractivity contribution in [2.45, 2.75) is 52.4 Å². The van der Waals surface area contributed by atoms with Gasteiger partial charge in [-0.1, -0.05) is 31.5 Å². The highest BCUT2D eigenvalue weighted by Crippen LogP contribution is 2.40. The quantitative estimate of drug-likeness (QED) is 0.268. The summed E-state index contributed by atoms with van der Waals surface area (Å²) in [6, 6.07) is 13.9. The van der Waals surface area contributed by atoms with Crippen LogP contribution in [0.5, 0.6) is 11.5 Å². The van der Waals surface area contributed by atoms with Crippen molar-refractivity contribution in [3.05, 3.63) is 86.7 Å². The maximum atomic E-state index is 13.5. The van der Waals surface area contributed by atoms with Gasteiger partial charge >= 0.3 is 12.1 Å². The predicted octanol–water partition coefficient (Wildman–Crippen LogP) is 4.53. The van der Waals surface area contributed by atoms with Gasteiger partial charge in [0.05, 0.1) is 29.0 Å². The van der Waals surface area contributed by atoms with Crippen LogP contribution >= 0.6 is 0 Å². The SMILES string of the molecule is CCc1c2c(nc3ccc(OC(=O)Oc4ccc(C)cc4)cc13)-c1cc3c(c(=O)n1C2)COC(=O)C3(O)CC. The maximum Gasteiger partial charge on any atom is 0.519 e. The Balaban J connectivity index is 1.40. The standard InChI is InChI=1S/C30H26N2O7/c1-4-19-20-12-18(39-29(35)38-17-8-6-16(3)7-9-17)10-11-24(20)31-26-21(19)14-32-25(26)13-23-22(27(32)33)15-37-28(34)30(23,36)5-2/h6-13,36H,4-5,14-15H2,1-3H3. The summed E-state index contributed by atoms with van der Waals surface area (Å²) in [7, 11) is 0. The van der Waals surface area contributed by atoms with Gasteiger partial charge in [-0.2, -0.15) is 0 Å². The average Bonchev–Trinajstić information content (AvgIpc) is 3.29. The van der Waals surface area contributed by atoms with Crippen LogP contribution in [0.15, 0.2) is 53.3 Å². The highest BCUT2D eigenvalue weighted by atomic mass is 16.7. The maximum absolute atomic E-state index is 13.5. The number of benzene rings is 2. The van der Waals surface area contributed by atoms with Crippen molar-refractivity contribution in [2.24, 2.45) is 0 Å². The number of carbonyl (C=O) groups is 2. The fraction of sp³-hybridized carbons (Fsp3) is 0.267. The van der Waals surface area contributed by atoms with Crippen molar-refractivity contribution >= 4 is 23.0 Å². The molecule has 0 radical (unpaired) electrons. The predicted molar refractivity (Wildman–Crippen MR) is 142 cm³/mol. The Labute approximate surface area is 223 Å². The minimum absolute atomic E-state index is 0.0784. The monoisotopic (exact) mass is 526 g/mol. The van der Waals surface area contributed by atoms with Gasteiger partial charge in [-0.3, -0.25) is 4.79 Å². The third kappa shape index (κ3) is 3.88. The number of ether oxygens (including phenoxy) is 3. The number of carbonyl (C=O) groups excluding carboxylic acids is 2. The molecule has 1 N–H and O–H groups in total. The summed E-state index contributed by atoms with van der Waals surface area (Å²) in [5, 5.41) is 11.9. The number of rotatable bonds is 4. The Morgan fingerprint density at radius 2 is 1.77 bits per heavy atom. The fourth-order valence-corrected chi connectivity index (χ4v) is 5.43. The lowest BCUT2D eigenvalue weighted by atomic mass is 9.86. The lowest BCUT2D eigenvalue weighted by molar-refractivity contribution is -0.172. The van der Waals surface area contributed by atoms with E-state index in [2.05, 4.69) is 0 Å². The van der Waals surface area contributed by atoms with Gasteiger partial charge in [-0.15, -0.1) is 0 Å². The van der Waals surface area contributed by atoms with E-state index in [1.807, 2.05) is 26.0 Å². The molecule has 9 heteroatoms.